The van der Waals surface area contributed by atoms with Gasteiger partial charge in [-0.15, -0.1) is 11.3 Å². The van der Waals surface area contributed by atoms with Gasteiger partial charge in [-0.3, -0.25) is 20.2 Å². The summed E-state index contributed by atoms with van der Waals surface area (Å²) in [5.74, 6) is 0.962. The van der Waals surface area contributed by atoms with Crippen molar-refractivity contribution in [3.63, 3.8) is 0 Å². The number of thiazole rings is 1. The molecule has 0 saturated heterocycles. The Hall–Kier alpha value is -3.72. The molecule has 160 valence electrons. The van der Waals surface area contributed by atoms with Gasteiger partial charge in [0.25, 0.3) is 5.69 Å². The summed E-state index contributed by atoms with van der Waals surface area (Å²) < 4.78 is 11.1. The number of hydrogen-bond acceptors (Lipinski definition) is 7. The maximum Gasteiger partial charge on any atom is 0.269 e. The highest BCUT2D eigenvalue weighted by atomic mass is 32.1. The molecule has 0 bridgehead atoms. The van der Waals surface area contributed by atoms with E-state index in [0.29, 0.717) is 35.5 Å². The molecular formula is C22H21N3O5S. The minimum absolute atomic E-state index is 0.0134. The summed E-state index contributed by atoms with van der Waals surface area (Å²) in [5.41, 5.74) is 2.18. The molecule has 1 heterocycles. The first kappa shape index (κ1) is 22.0. The lowest BCUT2D eigenvalue weighted by Crippen LogP contribution is -2.07. The monoisotopic (exact) mass is 439 g/mol. The van der Waals surface area contributed by atoms with E-state index < -0.39 is 4.92 Å². The van der Waals surface area contributed by atoms with Crippen LogP contribution in [0.2, 0.25) is 0 Å². The summed E-state index contributed by atoms with van der Waals surface area (Å²) in [6.45, 7) is 4.84. The fourth-order valence-electron chi connectivity index (χ4n) is 2.71. The number of ether oxygens (including phenoxy) is 2. The number of amides is 1. The SMILES string of the molecule is CCOc1ccc(C=CC(=O)Nc2nc(-c3ccc([N+](=O)[O-])cc3)cs2)cc1OCC. The van der Waals surface area contributed by atoms with E-state index in [2.05, 4.69) is 10.3 Å². The summed E-state index contributed by atoms with van der Waals surface area (Å²) in [6.07, 6.45) is 3.09. The summed E-state index contributed by atoms with van der Waals surface area (Å²) in [7, 11) is 0. The number of nitrogens with one attached hydrogen (secondary N) is 1. The Morgan fingerprint density at radius 3 is 2.52 bits per heavy atom. The van der Waals surface area contributed by atoms with E-state index in [1.54, 1.807) is 23.6 Å². The molecule has 0 saturated carbocycles. The van der Waals surface area contributed by atoms with Gasteiger partial charge >= 0.3 is 0 Å². The zero-order valence-electron chi connectivity index (χ0n) is 17.0. The Labute approximate surface area is 183 Å². The van der Waals surface area contributed by atoms with Crippen LogP contribution in [0.1, 0.15) is 19.4 Å². The maximum absolute atomic E-state index is 12.3. The van der Waals surface area contributed by atoms with Gasteiger partial charge in [-0.1, -0.05) is 6.07 Å². The molecule has 0 radical (unpaired) electrons. The average molecular weight is 439 g/mol. The van der Waals surface area contributed by atoms with E-state index in [4.69, 9.17) is 9.47 Å². The Morgan fingerprint density at radius 1 is 1.13 bits per heavy atom. The van der Waals surface area contributed by atoms with Gasteiger partial charge in [0.1, 0.15) is 0 Å². The number of carbonyl (C=O) groups excluding carboxylic acids is 1. The lowest BCUT2D eigenvalue weighted by Gasteiger charge is -2.11. The number of hydrogen-bond donors (Lipinski definition) is 1. The molecule has 3 rings (SSSR count). The number of nitrogens with zero attached hydrogens (tertiary/aromatic N) is 2. The molecular weight excluding hydrogens is 418 g/mol. The third-order valence-electron chi connectivity index (χ3n) is 4.10. The van der Waals surface area contributed by atoms with Crippen molar-refractivity contribution in [1.29, 1.82) is 0 Å². The highest BCUT2D eigenvalue weighted by molar-refractivity contribution is 7.14. The number of carbonyl (C=O) groups is 1. The molecule has 1 N–H and O–H groups in total. The molecule has 0 aliphatic rings. The minimum Gasteiger partial charge on any atom is -0.490 e. The predicted octanol–water partition coefficient (Wildman–Crippen LogP) is 5.17. The average Bonchev–Trinajstić information content (AvgIpc) is 3.22. The van der Waals surface area contributed by atoms with Crippen LogP contribution in [-0.4, -0.2) is 29.0 Å². The molecule has 31 heavy (non-hydrogen) atoms. The van der Waals surface area contributed by atoms with Crippen LogP contribution in [0.15, 0.2) is 53.9 Å². The van der Waals surface area contributed by atoms with Crippen LogP contribution in [-0.2, 0) is 4.79 Å². The minimum atomic E-state index is -0.454. The first-order valence-corrected chi connectivity index (χ1v) is 10.5. The Balaban J connectivity index is 1.65. The Morgan fingerprint density at radius 2 is 1.84 bits per heavy atom. The third kappa shape index (κ3) is 5.89. The van der Waals surface area contributed by atoms with Gasteiger partial charge < -0.3 is 9.47 Å². The van der Waals surface area contributed by atoms with Crippen molar-refractivity contribution in [3.05, 3.63) is 69.6 Å². The van der Waals surface area contributed by atoms with Gasteiger partial charge in [0.05, 0.1) is 23.8 Å². The van der Waals surface area contributed by atoms with Crippen LogP contribution in [0.5, 0.6) is 11.5 Å². The molecule has 0 atom stereocenters. The molecule has 0 aliphatic heterocycles. The molecule has 8 nitrogen and oxygen atoms in total. The number of nitro groups is 1. The number of nitro benzene ring substituents is 1. The van der Waals surface area contributed by atoms with Crippen LogP contribution >= 0.6 is 11.3 Å². The van der Waals surface area contributed by atoms with E-state index in [0.717, 1.165) is 11.1 Å². The second kappa shape index (κ2) is 10.4. The highest BCUT2D eigenvalue weighted by Gasteiger charge is 2.10. The van der Waals surface area contributed by atoms with Crippen LogP contribution < -0.4 is 14.8 Å². The maximum atomic E-state index is 12.3. The van der Waals surface area contributed by atoms with E-state index in [-0.39, 0.29) is 11.6 Å². The molecule has 0 fully saturated rings. The molecule has 0 aliphatic carbocycles. The quantitative estimate of drug-likeness (QED) is 0.280. The van der Waals surface area contributed by atoms with Gasteiger partial charge in [0.15, 0.2) is 16.6 Å². The van der Waals surface area contributed by atoms with Crippen molar-refractivity contribution in [1.82, 2.24) is 4.98 Å². The van der Waals surface area contributed by atoms with E-state index in [9.17, 15) is 14.9 Å². The summed E-state index contributed by atoms with van der Waals surface area (Å²) in [4.78, 5) is 26.9. The van der Waals surface area contributed by atoms with Crippen molar-refractivity contribution in [3.8, 4) is 22.8 Å². The Bertz CT molecular complexity index is 1090. The molecule has 1 amide bonds. The number of aromatic nitrogens is 1. The standard InChI is InChI=1S/C22H21N3O5S/c1-3-29-19-11-5-15(13-20(19)30-4-2)6-12-21(26)24-22-23-18(14-31-22)16-7-9-17(10-8-16)25(27)28/h5-14H,3-4H2,1-2H3,(H,23,24,26). The molecule has 3 aromatic rings. The van der Waals surface area contributed by atoms with E-state index >= 15 is 0 Å². The van der Waals surface area contributed by atoms with E-state index in [1.165, 1.54) is 29.5 Å². The molecule has 0 spiro atoms. The number of benzene rings is 2. The third-order valence-corrected chi connectivity index (χ3v) is 4.86. The van der Waals surface area contributed by atoms with Crippen LogP contribution in [0.4, 0.5) is 10.8 Å². The Kier molecular flexibility index (Phi) is 7.34. The van der Waals surface area contributed by atoms with Crippen LogP contribution in [0.3, 0.4) is 0 Å². The normalized spacial score (nSPS) is 10.8. The molecule has 2 aromatic carbocycles. The van der Waals surface area contributed by atoms with Crippen molar-refractivity contribution in [2.75, 3.05) is 18.5 Å². The zero-order valence-corrected chi connectivity index (χ0v) is 17.8. The first-order valence-electron chi connectivity index (χ1n) is 9.59. The van der Waals surface area contributed by atoms with Gasteiger partial charge in [-0.05, 0) is 49.8 Å². The van der Waals surface area contributed by atoms with Crippen LogP contribution in [0, 0.1) is 10.1 Å². The number of rotatable bonds is 9. The summed E-state index contributed by atoms with van der Waals surface area (Å²) in [6, 6.07) is 11.6. The first-order chi connectivity index (χ1) is 15.0. The van der Waals surface area contributed by atoms with Gasteiger partial charge in [-0.25, -0.2) is 4.98 Å². The lowest BCUT2D eigenvalue weighted by molar-refractivity contribution is -0.384. The molecule has 9 heteroatoms. The molecule has 0 unspecified atom stereocenters. The molecule has 1 aromatic heterocycles. The topological polar surface area (TPSA) is 104 Å². The van der Waals surface area contributed by atoms with Crippen molar-refractivity contribution in [2.45, 2.75) is 13.8 Å². The van der Waals surface area contributed by atoms with Crippen LogP contribution in [0.25, 0.3) is 17.3 Å². The van der Waals surface area contributed by atoms with Gasteiger partial charge in [0, 0.05) is 29.2 Å². The van der Waals surface area contributed by atoms with Gasteiger partial charge in [0.2, 0.25) is 5.91 Å². The van der Waals surface area contributed by atoms with Gasteiger partial charge in [-0.2, -0.15) is 0 Å². The largest absolute Gasteiger partial charge is 0.490 e. The second-order valence-electron chi connectivity index (χ2n) is 6.24. The zero-order chi connectivity index (χ0) is 22.2. The fraction of sp³-hybridized carbons (Fsp3) is 0.182. The highest BCUT2D eigenvalue weighted by Crippen LogP contribution is 2.29. The fourth-order valence-corrected chi connectivity index (χ4v) is 3.43. The summed E-state index contributed by atoms with van der Waals surface area (Å²) >= 11 is 1.27. The second-order valence-corrected chi connectivity index (χ2v) is 7.09. The number of anilines is 1. The lowest BCUT2D eigenvalue weighted by atomic mass is 10.1. The predicted molar refractivity (Wildman–Crippen MR) is 121 cm³/mol. The number of non-ortho nitro benzene ring substituents is 1. The van der Waals surface area contributed by atoms with Crippen molar-refractivity contribution in [2.24, 2.45) is 0 Å². The van der Waals surface area contributed by atoms with Crippen molar-refractivity contribution < 1.29 is 19.2 Å². The summed E-state index contributed by atoms with van der Waals surface area (Å²) in [5, 5.41) is 15.7. The smallest absolute Gasteiger partial charge is 0.269 e. The van der Waals surface area contributed by atoms with Crippen molar-refractivity contribution >= 4 is 34.1 Å². The van der Waals surface area contributed by atoms with E-state index in [1.807, 2.05) is 32.0 Å².